The van der Waals surface area contributed by atoms with Gasteiger partial charge >= 0.3 is 5.97 Å². The van der Waals surface area contributed by atoms with E-state index in [1.165, 1.54) is 4.31 Å². The molecule has 15 heavy (non-hydrogen) atoms. The van der Waals surface area contributed by atoms with Crippen LogP contribution in [0, 0.1) is 0 Å². The van der Waals surface area contributed by atoms with Gasteiger partial charge in [0.15, 0.2) is 0 Å². The standard InChI is InChI=1S/C8H14N2O4S/c11-8-7(1-6-14-8)9-2-4-10(5-3-9)15(12)13/h7H,1-6H2,(H,12,13). The fourth-order valence-corrected chi connectivity index (χ4v) is 2.46. The molecule has 0 spiro atoms. The first kappa shape index (κ1) is 11.0. The van der Waals surface area contributed by atoms with Crippen LogP contribution in [0.2, 0.25) is 0 Å². The van der Waals surface area contributed by atoms with E-state index in [4.69, 9.17) is 9.29 Å². The smallest absolute Gasteiger partial charge is 0.323 e. The minimum atomic E-state index is -1.89. The molecule has 7 heteroatoms. The van der Waals surface area contributed by atoms with E-state index in [1.807, 2.05) is 4.90 Å². The van der Waals surface area contributed by atoms with Crippen molar-refractivity contribution in [2.45, 2.75) is 12.5 Å². The molecule has 0 aromatic rings. The Bertz CT molecular complexity index is 278. The first-order valence-electron chi connectivity index (χ1n) is 4.95. The van der Waals surface area contributed by atoms with Gasteiger partial charge in [-0.25, -0.2) is 4.21 Å². The van der Waals surface area contributed by atoms with Gasteiger partial charge in [-0.15, -0.1) is 0 Å². The van der Waals surface area contributed by atoms with E-state index in [1.54, 1.807) is 0 Å². The van der Waals surface area contributed by atoms with E-state index in [0.29, 0.717) is 32.8 Å². The lowest BCUT2D eigenvalue weighted by Gasteiger charge is -2.34. The molecule has 0 saturated carbocycles. The second-order valence-corrected chi connectivity index (χ2v) is 4.65. The van der Waals surface area contributed by atoms with E-state index in [9.17, 15) is 9.00 Å². The first-order valence-corrected chi connectivity index (χ1v) is 6.01. The van der Waals surface area contributed by atoms with Crippen molar-refractivity contribution in [3.05, 3.63) is 0 Å². The topological polar surface area (TPSA) is 70.1 Å². The van der Waals surface area contributed by atoms with Gasteiger partial charge in [-0.2, -0.15) is 4.31 Å². The number of carbonyl (C=O) groups is 1. The van der Waals surface area contributed by atoms with Crippen LogP contribution in [0.5, 0.6) is 0 Å². The number of piperazine rings is 1. The SMILES string of the molecule is O=C1OCCC1N1CCN(S(=O)O)CC1. The molecule has 0 radical (unpaired) electrons. The predicted octanol–water partition coefficient (Wildman–Crippen LogP) is -0.944. The van der Waals surface area contributed by atoms with Crippen molar-refractivity contribution in [1.82, 2.24) is 9.21 Å². The van der Waals surface area contributed by atoms with Crippen molar-refractivity contribution in [2.75, 3.05) is 32.8 Å². The van der Waals surface area contributed by atoms with Crippen molar-refractivity contribution in [3.8, 4) is 0 Å². The summed E-state index contributed by atoms with van der Waals surface area (Å²) < 4.78 is 26.0. The summed E-state index contributed by atoms with van der Waals surface area (Å²) in [5, 5.41) is 0. The number of nitrogens with zero attached hydrogens (tertiary/aromatic N) is 2. The van der Waals surface area contributed by atoms with Gasteiger partial charge < -0.3 is 4.74 Å². The fraction of sp³-hybridized carbons (Fsp3) is 0.875. The maximum atomic E-state index is 11.3. The number of hydrogen-bond donors (Lipinski definition) is 1. The van der Waals surface area contributed by atoms with Crippen LogP contribution >= 0.6 is 0 Å². The summed E-state index contributed by atoms with van der Waals surface area (Å²) in [6.07, 6.45) is 0.737. The summed E-state index contributed by atoms with van der Waals surface area (Å²) in [5.41, 5.74) is 0. The van der Waals surface area contributed by atoms with Crippen LogP contribution in [0.3, 0.4) is 0 Å². The highest BCUT2D eigenvalue weighted by Gasteiger charge is 2.34. The van der Waals surface area contributed by atoms with Gasteiger partial charge in [0, 0.05) is 32.6 Å². The molecule has 2 heterocycles. The molecule has 2 fully saturated rings. The summed E-state index contributed by atoms with van der Waals surface area (Å²) >= 11 is -1.89. The van der Waals surface area contributed by atoms with E-state index in [0.717, 1.165) is 6.42 Å². The van der Waals surface area contributed by atoms with Crippen LogP contribution in [0.4, 0.5) is 0 Å². The molecule has 0 aromatic carbocycles. The predicted molar refractivity (Wildman–Crippen MR) is 53.3 cm³/mol. The number of rotatable bonds is 2. The zero-order valence-electron chi connectivity index (χ0n) is 8.29. The van der Waals surface area contributed by atoms with Crippen LogP contribution in [-0.4, -0.2) is 62.8 Å². The molecular weight excluding hydrogens is 220 g/mol. The largest absolute Gasteiger partial charge is 0.464 e. The third kappa shape index (κ3) is 2.36. The molecule has 0 amide bonds. The van der Waals surface area contributed by atoms with Crippen molar-refractivity contribution in [1.29, 1.82) is 0 Å². The highest BCUT2D eigenvalue weighted by Crippen LogP contribution is 2.16. The quantitative estimate of drug-likeness (QED) is 0.493. The molecule has 86 valence electrons. The van der Waals surface area contributed by atoms with Crippen molar-refractivity contribution in [3.63, 3.8) is 0 Å². The average molecular weight is 234 g/mol. The monoisotopic (exact) mass is 234 g/mol. The molecule has 2 rings (SSSR count). The highest BCUT2D eigenvalue weighted by atomic mass is 32.2. The number of cyclic esters (lactones) is 1. The van der Waals surface area contributed by atoms with Crippen LogP contribution in [0.25, 0.3) is 0 Å². The third-order valence-electron chi connectivity index (χ3n) is 2.84. The number of esters is 1. The molecule has 2 aliphatic heterocycles. The summed E-state index contributed by atoms with van der Waals surface area (Å²) in [7, 11) is 0. The lowest BCUT2D eigenvalue weighted by Crippen LogP contribution is -2.51. The summed E-state index contributed by atoms with van der Waals surface area (Å²) in [6, 6.07) is -0.140. The molecule has 1 N–H and O–H groups in total. The Balaban J connectivity index is 1.87. The Morgan fingerprint density at radius 2 is 2.00 bits per heavy atom. The Morgan fingerprint density at radius 3 is 2.47 bits per heavy atom. The molecule has 6 nitrogen and oxygen atoms in total. The van der Waals surface area contributed by atoms with Crippen molar-refractivity contribution >= 4 is 17.2 Å². The second-order valence-electron chi connectivity index (χ2n) is 3.67. The number of ether oxygens (including phenoxy) is 1. The highest BCUT2D eigenvalue weighted by molar-refractivity contribution is 7.76. The summed E-state index contributed by atoms with van der Waals surface area (Å²) in [4.78, 5) is 13.3. The number of hydrogen-bond acceptors (Lipinski definition) is 4. The van der Waals surface area contributed by atoms with E-state index in [2.05, 4.69) is 0 Å². The zero-order chi connectivity index (χ0) is 10.8. The molecule has 0 aromatic heterocycles. The molecule has 0 aliphatic carbocycles. The molecule has 2 unspecified atom stereocenters. The molecular formula is C8H14N2O4S. The van der Waals surface area contributed by atoms with Gasteiger partial charge in [0.25, 0.3) is 0 Å². The Morgan fingerprint density at radius 1 is 1.33 bits per heavy atom. The first-order chi connectivity index (χ1) is 7.18. The van der Waals surface area contributed by atoms with Crippen LogP contribution < -0.4 is 0 Å². The molecule has 0 bridgehead atoms. The van der Waals surface area contributed by atoms with Crippen molar-refractivity contribution < 1.29 is 18.3 Å². The number of carbonyl (C=O) groups excluding carboxylic acids is 1. The molecule has 2 aliphatic rings. The Hall–Kier alpha value is -0.500. The Kier molecular flexibility index (Phi) is 3.35. The summed E-state index contributed by atoms with van der Waals surface area (Å²) in [5.74, 6) is -0.159. The van der Waals surface area contributed by atoms with Gasteiger partial charge in [0.1, 0.15) is 6.04 Å². The minimum Gasteiger partial charge on any atom is -0.464 e. The van der Waals surface area contributed by atoms with Crippen LogP contribution in [0.15, 0.2) is 0 Å². The molecule has 2 atom stereocenters. The maximum absolute atomic E-state index is 11.3. The zero-order valence-corrected chi connectivity index (χ0v) is 9.11. The third-order valence-corrected chi connectivity index (χ3v) is 3.65. The normalized spacial score (nSPS) is 31.5. The Labute approximate surface area is 90.6 Å². The van der Waals surface area contributed by atoms with Gasteiger partial charge in [-0.3, -0.25) is 14.2 Å². The lowest BCUT2D eigenvalue weighted by atomic mass is 10.2. The summed E-state index contributed by atoms with van der Waals surface area (Å²) in [6.45, 7) is 2.83. The van der Waals surface area contributed by atoms with Gasteiger partial charge in [-0.1, -0.05) is 0 Å². The average Bonchev–Trinajstić information content (AvgIpc) is 2.65. The van der Waals surface area contributed by atoms with Gasteiger partial charge in [0.2, 0.25) is 11.3 Å². The van der Waals surface area contributed by atoms with Gasteiger partial charge in [0.05, 0.1) is 6.61 Å². The fourth-order valence-electron chi connectivity index (χ4n) is 1.99. The molecule has 2 saturated heterocycles. The lowest BCUT2D eigenvalue weighted by molar-refractivity contribution is -0.142. The maximum Gasteiger partial charge on any atom is 0.323 e. The van der Waals surface area contributed by atoms with E-state index < -0.39 is 11.3 Å². The van der Waals surface area contributed by atoms with Crippen LogP contribution in [0.1, 0.15) is 6.42 Å². The van der Waals surface area contributed by atoms with Gasteiger partial charge in [-0.05, 0) is 0 Å². The minimum absolute atomic E-state index is 0.140. The van der Waals surface area contributed by atoms with Crippen molar-refractivity contribution in [2.24, 2.45) is 0 Å². The second kappa shape index (κ2) is 4.56. The van der Waals surface area contributed by atoms with E-state index >= 15 is 0 Å². The van der Waals surface area contributed by atoms with Crippen LogP contribution in [-0.2, 0) is 20.8 Å². The van der Waals surface area contributed by atoms with E-state index in [-0.39, 0.29) is 12.0 Å².